The van der Waals surface area contributed by atoms with E-state index in [9.17, 15) is 5.11 Å². The number of aryl methyl sites for hydroxylation is 2. The fourth-order valence-electron chi connectivity index (χ4n) is 3.37. The standard InChI is InChI=1S/C19H27N3O2/c1-14-5-6-15(2)19(10-14)24-13-17(23)12-22-9-3-4-16(11-22)18-7-8-20-21-18/h5-8,10,16-17,23H,3-4,9,11-13H2,1-2H3,(H,20,21)/t16-,17-/m0/s1. The fraction of sp³-hybridized carbons (Fsp3) is 0.526. The van der Waals surface area contributed by atoms with Gasteiger partial charge in [-0.1, -0.05) is 12.1 Å². The summed E-state index contributed by atoms with van der Waals surface area (Å²) < 4.78 is 5.83. The number of rotatable bonds is 6. The third-order valence-electron chi connectivity index (χ3n) is 4.71. The molecule has 130 valence electrons. The van der Waals surface area contributed by atoms with Crippen LogP contribution in [0.4, 0.5) is 0 Å². The van der Waals surface area contributed by atoms with Crippen molar-refractivity contribution in [3.63, 3.8) is 0 Å². The molecule has 0 amide bonds. The minimum absolute atomic E-state index is 0.329. The van der Waals surface area contributed by atoms with Crippen LogP contribution in [-0.4, -0.2) is 52.5 Å². The van der Waals surface area contributed by atoms with E-state index in [2.05, 4.69) is 27.2 Å². The van der Waals surface area contributed by atoms with Crippen molar-refractivity contribution in [1.29, 1.82) is 0 Å². The lowest BCUT2D eigenvalue weighted by atomic mass is 9.95. The van der Waals surface area contributed by atoms with E-state index < -0.39 is 6.10 Å². The second kappa shape index (κ2) is 7.81. The van der Waals surface area contributed by atoms with Gasteiger partial charge in [-0.25, -0.2) is 0 Å². The van der Waals surface area contributed by atoms with Crippen LogP contribution in [-0.2, 0) is 0 Å². The number of nitrogens with one attached hydrogen (secondary N) is 1. The van der Waals surface area contributed by atoms with Gasteiger partial charge in [0.2, 0.25) is 0 Å². The Bertz CT molecular complexity index is 642. The van der Waals surface area contributed by atoms with E-state index in [-0.39, 0.29) is 0 Å². The van der Waals surface area contributed by atoms with Crippen LogP contribution in [0.25, 0.3) is 0 Å². The molecule has 1 aliphatic rings. The maximum absolute atomic E-state index is 10.4. The number of aliphatic hydroxyl groups excluding tert-OH is 1. The highest BCUT2D eigenvalue weighted by atomic mass is 16.5. The molecule has 2 aromatic rings. The molecule has 2 atom stereocenters. The predicted octanol–water partition coefficient (Wildman–Crippen LogP) is 2.65. The summed E-state index contributed by atoms with van der Waals surface area (Å²) >= 11 is 0. The summed E-state index contributed by atoms with van der Waals surface area (Å²) in [5.74, 6) is 1.34. The van der Waals surface area contributed by atoms with Crippen molar-refractivity contribution in [2.75, 3.05) is 26.2 Å². The zero-order chi connectivity index (χ0) is 16.9. The molecule has 1 saturated heterocycles. The van der Waals surface area contributed by atoms with Crippen LogP contribution in [0.15, 0.2) is 30.5 Å². The van der Waals surface area contributed by atoms with Gasteiger partial charge in [0.05, 0.1) is 0 Å². The summed E-state index contributed by atoms with van der Waals surface area (Å²) in [5.41, 5.74) is 3.47. The number of ether oxygens (including phenoxy) is 1. The molecule has 24 heavy (non-hydrogen) atoms. The molecule has 0 spiro atoms. The first-order chi connectivity index (χ1) is 11.6. The average molecular weight is 329 g/mol. The molecule has 1 aromatic heterocycles. The average Bonchev–Trinajstić information content (AvgIpc) is 3.10. The van der Waals surface area contributed by atoms with E-state index in [1.165, 1.54) is 17.7 Å². The van der Waals surface area contributed by atoms with Crippen molar-refractivity contribution in [2.24, 2.45) is 0 Å². The minimum Gasteiger partial charge on any atom is -0.491 e. The molecule has 2 N–H and O–H groups in total. The van der Waals surface area contributed by atoms with Crippen molar-refractivity contribution in [1.82, 2.24) is 15.1 Å². The minimum atomic E-state index is -0.481. The van der Waals surface area contributed by atoms with Crippen LogP contribution in [0.3, 0.4) is 0 Å². The zero-order valence-corrected chi connectivity index (χ0v) is 14.5. The van der Waals surface area contributed by atoms with Crippen LogP contribution in [0.1, 0.15) is 35.6 Å². The van der Waals surface area contributed by atoms with Gasteiger partial charge < -0.3 is 9.84 Å². The highest BCUT2D eigenvalue weighted by molar-refractivity contribution is 5.35. The molecule has 3 rings (SSSR count). The molecule has 5 nitrogen and oxygen atoms in total. The Hall–Kier alpha value is -1.85. The molecule has 1 fully saturated rings. The van der Waals surface area contributed by atoms with Gasteiger partial charge in [-0.3, -0.25) is 10.00 Å². The molecule has 0 bridgehead atoms. The van der Waals surface area contributed by atoms with E-state index in [4.69, 9.17) is 4.74 Å². The van der Waals surface area contributed by atoms with Crippen molar-refractivity contribution in [3.8, 4) is 5.75 Å². The van der Waals surface area contributed by atoms with Gasteiger partial charge >= 0.3 is 0 Å². The Labute approximate surface area is 143 Å². The van der Waals surface area contributed by atoms with E-state index in [0.29, 0.717) is 19.1 Å². The molecule has 0 saturated carbocycles. The van der Waals surface area contributed by atoms with Crippen molar-refractivity contribution >= 4 is 0 Å². The van der Waals surface area contributed by atoms with E-state index in [1.807, 2.05) is 26.0 Å². The van der Waals surface area contributed by atoms with Crippen LogP contribution in [0.5, 0.6) is 5.75 Å². The van der Waals surface area contributed by atoms with Gasteiger partial charge in [0.1, 0.15) is 18.5 Å². The van der Waals surface area contributed by atoms with Crippen molar-refractivity contribution in [2.45, 2.75) is 38.7 Å². The lowest BCUT2D eigenvalue weighted by Crippen LogP contribution is -2.41. The van der Waals surface area contributed by atoms with Gasteiger partial charge in [-0.2, -0.15) is 5.10 Å². The van der Waals surface area contributed by atoms with Crippen molar-refractivity contribution < 1.29 is 9.84 Å². The second-order valence-corrected chi connectivity index (χ2v) is 6.84. The molecule has 1 aliphatic heterocycles. The number of aromatic amines is 1. The molecule has 5 heteroatoms. The number of hydrogen-bond acceptors (Lipinski definition) is 4. The smallest absolute Gasteiger partial charge is 0.122 e. The first-order valence-corrected chi connectivity index (χ1v) is 8.71. The first-order valence-electron chi connectivity index (χ1n) is 8.71. The normalized spacial score (nSPS) is 20.0. The number of hydrogen-bond donors (Lipinski definition) is 2. The largest absolute Gasteiger partial charge is 0.491 e. The van der Waals surface area contributed by atoms with Crippen molar-refractivity contribution in [3.05, 3.63) is 47.3 Å². The lowest BCUT2D eigenvalue weighted by molar-refractivity contribution is 0.0578. The Kier molecular flexibility index (Phi) is 5.53. The van der Waals surface area contributed by atoms with E-state index in [1.54, 1.807) is 6.20 Å². The SMILES string of the molecule is Cc1ccc(C)c(OC[C@@H](O)CN2CCC[C@H](c3ccn[nH]3)C2)c1. The van der Waals surface area contributed by atoms with Gasteiger partial charge in [-0.05, 0) is 56.5 Å². The zero-order valence-electron chi connectivity index (χ0n) is 14.5. The topological polar surface area (TPSA) is 61.4 Å². The number of nitrogens with zero attached hydrogens (tertiary/aromatic N) is 2. The fourth-order valence-corrected chi connectivity index (χ4v) is 3.37. The number of β-amino-alcohol motifs (C(OH)–C–C–N with tert-alkyl or cyclic N) is 1. The van der Waals surface area contributed by atoms with Crippen LogP contribution in [0, 0.1) is 13.8 Å². The number of piperidine rings is 1. The quantitative estimate of drug-likeness (QED) is 0.855. The molecular formula is C19H27N3O2. The number of benzene rings is 1. The number of aromatic nitrogens is 2. The summed E-state index contributed by atoms with van der Waals surface area (Å²) in [7, 11) is 0. The molecule has 0 aliphatic carbocycles. The maximum Gasteiger partial charge on any atom is 0.122 e. The molecule has 0 unspecified atom stereocenters. The van der Waals surface area contributed by atoms with Crippen LogP contribution in [0.2, 0.25) is 0 Å². The third-order valence-corrected chi connectivity index (χ3v) is 4.71. The predicted molar refractivity (Wildman–Crippen MR) is 94.4 cm³/mol. The summed E-state index contributed by atoms with van der Waals surface area (Å²) in [5, 5.41) is 17.5. The number of H-pyrrole nitrogens is 1. The highest BCUT2D eigenvalue weighted by Crippen LogP contribution is 2.25. The molecular weight excluding hydrogens is 302 g/mol. The Morgan fingerprint density at radius 3 is 3.04 bits per heavy atom. The molecule has 1 aromatic carbocycles. The van der Waals surface area contributed by atoms with Gasteiger partial charge in [0.25, 0.3) is 0 Å². The van der Waals surface area contributed by atoms with E-state index >= 15 is 0 Å². The summed E-state index contributed by atoms with van der Waals surface area (Å²) in [6.45, 7) is 7.05. The summed E-state index contributed by atoms with van der Waals surface area (Å²) in [4.78, 5) is 2.33. The lowest BCUT2D eigenvalue weighted by Gasteiger charge is -2.33. The first kappa shape index (κ1) is 17.0. The summed E-state index contributed by atoms with van der Waals surface area (Å²) in [6, 6.07) is 8.20. The third kappa shape index (κ3) is 4.36. The second-order valence-electron chi connectivity index (χ2n) is 6.84. The maximum atomic E-state index is 10.4. The Morgan fingerprint density at radius 1 is 1.38 bits per heavy atom. The number of likely N-dealkylation sites (tertiary alicyclic amines) is 1. The molecule has 0 radical (unpaired) electrons. The van der Waals surface area contributed by atoms with Crippen LogP contribution >= 0.6 is 0 Å². The highest BCUT2D eigenvalue weighted by Gasteiger charge is 2.24. The van der Waals surface area contributed by atoms with Gasteiger partial charge in [-0.15, -0.1) is 0 Å². The van der Waals surface area contributed by atoms with E-state index in [0.717, 1.165) is 30.8 Å². The van der Waals surface area contributed by atoms with Crippen LogP contribution < -0.4 is 4.74 Å². The van der Waals surface area contributed by atoms with Gasteiger partial charge in [0, 0.05) is 30.9 Å². The monoisotopic (exact) mass is 329 g/mol. The van der Waals surface area contributed by atoms with Gasteiger partial charge in [0.15, 0.2) is 0 Å². The Balaban J connectivity index is 1.49. The Morgan fingerprint density at radius 2 is 2.25 bits per heavy atom. The molecule has 2 heterocycles. The summed E-state index contributed by atoms with van der Waals surface area (Å²) in [6.07, 6.45) is 3.65. The number of aliphatic hydroxyl groups is 1.